The lowest BCUT2D eigenvalue weighted by atomic mass is 10.1. The first kappa shape index (κ1) is 16.3. The molecule has 120 valence electrons. The van der Waals surface area contributed by atoms with E-state index >= 15 is 0 Å². The molecule has 0 saturated heterocycles. The number of aromatic nitrogens is 2. The van der Waals surface area contributed by atoms with E-state index in [1.54, 1.807) is 18.3 Å². The Morgan fingerprint density at radius 1 is 1.36 bits per heavy atom. The van der Waals surface area contributed by atoms with E-state index in [0.717, 1.165) is 29.4 Å². The fourth-order valence-corrected chi connectivity index (χ4v) is 2.14. The highest BCUT2D eigenvalue weighted by atomic mass is 16.5. The molecule has 1 heterocycles. The monoisotopic (exact) mass is 306 g/mol. The lowest BCUT2D eigenvalue weighted by Gasteiger charge is -2.10. The minimum absolute atomic E-state index is 0.377. The van der Waals surface area contributed by atoms with Crippen LogP contribution in [0, 0.1) is 0 Å². The number of benzene rings is 1. The van der Waals surface area contributed by atoms with E-state index in [9.17, 15) is 4.79 Å². The number of aromatic amines is 1. The maximum absolute atomic E-state index is 11.7. The Labute approximate surface area is 129 Å². The van der Waals surface area contributed by atoms with Crippen LogP contribution in [0.1, 0.15) is 23.2 Å². The number of methoxy groups -OCH3 is 1. The Morgan fingerprint density at radius 2 is 2.23 bits per heavy atom. The molecule has 4 N–H and O–H groups in total. The van der Waals surface area contributed by atoms with Crippen molar-refractivity contribution in [2.24, 2.45) is 5.73 Å². The first-order valence-corrected chi connectivity index (χ1v) is 7.33. The second kappa shape index (κ2) is 8.35. The van der Waals surface area contributed by atoms with Gasteiger partial charge in [0.1, 0.15) is 0 Å². The molecule has 7 heteroatoms. The molecule has 0 aliphatic rings. The minimum Gasteiger partial charge on any atom is -0.465 e. The van der Waals surface area contributed by atoms with Crippen LogP contribution in [-0.2, 0) is 9.47 Å². The molecule has 0 spiro atoms. The number of nitrogens with one attached hydrogen (secondary N) is 2. The zero-order valence-electron chi connectivity index (χ0n) is 12.7. The highest BCUT2D eigenvalue weighted by Gasteiger charge is 2.11. The molecule has 2 aromatic rings. The van der Waals surface area contributed by atoms with Crippen molar-refractivity contribution in [2.45, 2.75) is 12.8 Å². The van der Waals surface area contributed by atoms with Gasteiger partial charge in [0.15, 0.2) is 0 Å². The molecule has 0 unspecified atom stereocenters. The van der Waals surface area contributed by atoms with Crippen LogP contribution in [0.3, 0.4) is 0 Å². The Kier molecular flexibility index (Phi) is 6.17. The van der Waals surface area contributed by atoms with E-state index in [2.05, 4.69) is 15.5 Å². The van der Waals surface area contributed by atoms with Crippen LogP contribution in [0.2, 0.25) is 0 Å². The molecule has 0 fully saturated rings. The second-order valence-corrected chi connectivity index (χ2v) is 4.88. The van der Waals surface area contributed by atoms with Crippen LogP contribution >= 0.6 is 0 Å². The fourth-order valence-electron chi connectivity index (χ4n) is 2.14. The molecule has 7 nitrogen and oxygen atoms in total. The van der Waals surface area contributed by atoms with E-state index < -0.39 is 0 Å². The van der Waals surface area contributed by atoms with Gasteiger partial charge in [-0.2, -0.15) is 5.10 Å². The standard InChI is InChI=1S/C15H22N4O3/c1-21-15(20)11-8-13(12-10-18-19-14(12)9-11)17-5-7-22-6-3-2-4-16/h8-10,17H,2-7,16H2,1H3,(H,18,19). The Hall–Kier alpha value is -2.12. The molecule has 0 amide bonds. The maximum atomic E-state index is 11.7. The zero-order chi connectivity index (χ0) is 15.8. The highest BCUT2D eigenvalue weighted by molar-refractivity contribution is 6.00. The van der Waals surface area contributed by atoms with Crippen molar-refractivity contribution in [1.82, 2.24) is 10.2 Å². The number of esters is 1. The van der Waals surface area contributed by atoms with Crippen molar-refractivity contribution >= 4 is 22.6 Å². The van der Waals surface area contributed by atoms with Gasteiger partial charge in [-0.15, -0.1) is 0 Å². The molecule has 1 aromatic carbocycles. The fraction of sp³-hybridized carbons (Fsp3) is 0.467. The van der Waals surface area contributed by atoms with Crippen molar-refractivity contribution in [3.05, 3.63) is 23.9 Å². The van der Waals surface area contributed by atoms with E-state index in [1.165, 1.54) is 7.11 Å². The largest absolute Gasteiger partial charge is 0.465 e. The van der Waals surface area contributed by atoms with Crippen molar-refractivity contribution in [1.29, 1.82) is 0 Å². The molecule has 0 aliphatic heterocycles. The molecule has 0 saturated carbocycles. The Bertz CT molecular complexity index is 612. The van der Waals surface area contributed by atoms with Crippen molar-refractivity contribution in [2.75, 3.05) is 38.7 Å². The lowest BCUT2D eigenvalue weighted by Crippen LogP contribution is -2.11. The highest BCUT2D eigenvalue weighted by Crippen LogP contribution is 2.24. The molecule has 2 rings (SSSR count). The summed E-state index contributed by atoms with van der Waals surface area (Å²) in [5.41, 5.74) is 7.52. The van der Waals surface area contributed by atoms with Gasteiger partial charge in [0, 0.05) is 24.2 Å². The molecule has 0 aliphatic carbocycles. The van der Waals surface area contributed by atoms with Crippen molar-refractivity contribution in [3.8, 4) is 0 Å². The summed E-state index contributed by atoms with van der Waals surface area (Å²) in [6.07, 6.45) is 3.67. The van der Waals surface area contributed by atoms with Gasteiger partial charge in [0.05, 0.1) is 31.0 Å². The lowest BCUT2D eigenvalue weighted by molar-refractivity contribution is 0.0601. The van der Waals surface area contributed by atoms with Crippen molar-refractivity contribution < 1.29 is 14.3 Å². The first-order valence-electron chi connectivity index (χ1n) is 7.33. The predicted molar refractivity (Wildman–Crippen MR) is 85.0 cm³/mol. The predicted octanol–water partition coefficient (Wildman–Crippen LogP) is 1.52. The SMILES string of the molecule is COC(=O)c1cc(NCCOCCCCN)c2cn[nH]c2c1. The third-order valence-electron chi connectivity index (χ3n) is 3.28. The third-order valence-corrected chi connectivity index (χ3v) is 3.28. The summed E-state index contributed by atoms with van der Waals surface area (Å²) in [4.78, 5) is 11.7. The van der Waals surface area contributed by atoms with Gasteiger partial charge in [-0.3, -0.25) is 5.10 Å². The molecule has 1 aromatic heterocycles. The first-order chi connectivity index (χ1) is 10.8. The van der Waals surface area contributed by atoms with Gasteiger partial charge in [-0.1, -0.05) is 0 Å². The van der Waals surface area contributed by atoms with Crippen molar-refractivity contribution in [3.63, 3.8) is 0 Å². The van der Waals surface area contributed by atoms with Gasteiger partial charge in [0.25, 0.3) is 0 Å². The van der Waals surface area contributed by atoms with Gasteiger partial charge in [-0.05, 0) is 31.5 Å². The number of hydrogen-bond acceptors (Lipinski definition) is 6. The average molecular weight is 306 g/mol. The molecular formula is C15H22N4O3. The topological polar surface area (TPSA) is 102 Å². The van der Waals surface area contributed by atoms with Crippen LogP contribution in [-0.4, -0.2) is 49.6 Å². The molecular weight excluding hydrogens is 284 g/mol. The van der Waals surface area contributed by atoms with Gasteiger partial charge in [-0.25, -0.2) is 4.79 Å². The van der Waals surface area contributed by atoms with E-state index in [1.807, 2.05) is 0 Å². The van der Waals surface area contributed by atoms with Crippen LogP contribution < -0.4 is 11.1 Å². The summed E-state index contributed by atoms with van der Waals surface area (Å²) in [5.74, 6) is -0.377. The van der Waals surface area contributed by atoms with Gasteiger partial charge in [0.2, 0.25) is 0 Å². The molecule has 0 radical (unpaired) electrons. The quantitative estimate of drug-likeness (QED) is 0.479. The summed E-state index contributed by atoms with van der Waals surface area (Å²) in [6.45, 7) is 2.64. The average Bonchev–Trinajstić information content (AvgIpc) is 3.01. The Balaban J connectivity index is 1.94. The van der Waals surface area contributed by atoms with Crippen LogP contribution in [0.4, 0.5) is 5.69 Å². The molecule has 0 atom stereocenters. The zero-order valence-corrected chi connectivity index (χ0v) is 12.7. The summed E-state index contributed by atoms with van der Waals surface area (Å²) in [5, 5.41) is 11.1. The number of carbonyl (C=O) groups excluding carboxylic acids is 1. The number of nitrogens with zero attached hydrogens (tertiary/aromatic N) is 1. The number of carbonyl (C=O) groups is 1. The Morgan fingerprint density at radius 3 is 3.00 bits per heavy atom. The van der Waals surface area contributed by atoms with Gasteiger partial charge >= 0.3 is 5.97 Å². The normalized spacial score (nSPS) is 10.8. The van der Waals surface area contributed by atoms with Crippen LogP contribution in [0.25, 0.3) is 10.9 Å². The van der Waals surface area contributed by atoms with E-state index in [-0.39, 0.29) is 5.97 Å². The smallest absolute Gasteiger partial charge is 0.337 e. The van der Waals surface area contributed by atoms with Gasteiger partial charge < -0.3 is 20.5 Å². The summed E-state index contributed by atoms with van der Waals surface area (Å²) in [7, 11) is 1.36. The number of fused-ring (bicyclic) bond motifs is 1. The molecule has 0 bridgehead atoms. The number of hydrogen-bond donors (Lipinski definition) is 3. The number of ether oxygens (including phenoxy) is 2. The number of H-pyrrole nitrogens is 1. The second-order valence-electron chi connectivity index (χ2n) is 4.88. The maximum Gasteiger partial charge on any atom is 0.337 e. The number of anilines is 1. The number of unbranched alkanes of at least 4 members (excludes halogenated alkanes) is 1. The molecule has 22 heavy (non-hydrogen) atoms. The third kappa shape index (κ3) is 4.19. The summed E-state index contributed by atoms with van der Waals surface area (Å²) < 4.78 is 10.3. The number of nitrogens with two attached hydrogens (primary N) is 1. The van der Waals surface area contributed by atoms with Crippen LogP contribution in [0.15, 0.2) is 18.3 Å². The minimum atomic E-state index is -0.377. The summed E-state index contributed by atoms with van der Waals surface area (Å²) in [6, 6.07) is 3.49. The number of rotatable bonds is 9. The van der Waals surface area contributed by atoms with Crippen LogP contribution in [0.5, 0.6) is 0 Å². The van der Waals surface area contributed by atoms with E-state index in [0.29, 0.717) is 31.9 Å². The summed E-state index contributed by atoms with van der Waals surface area (Å²) >= 11 is 0. The van der Waals surface area contributed by atoms with E-state index in [4.69, 9.17) is 15.2 Å².